The molecule has 0 spiro atoms. The van der Waals surface area contributed by atoms with Crippen LogP contribution in [0.4, 0.5) is 0 Å². The topological polar surface area (TPSA) is 72.8 Å². The zero-order valence-electron chi connectivity index (χ0n) is 9.88. The summed E-state index contributed by atoms with van der Waals surface area (Å²) in [5.41, 5.74) is 0.350. The zero-order chi connectivity index (χ0) is 12.6. The van der Waals surface area contributed by atoms with Gasteiger partial charge in [-0.2, -0.15) is 0 Å². The minimum absolute atomic E-state index is 0.00426. The molecule has 0 aromatic rings. The van der Waals surface area contributed by atoms with Crippen molar-refractivity contribution in [1.29, 1.82) is 0 Å². The van der Waals surface area contributed by atoms with Gasteiger partial charge in [-0.1, -0.05) is 6.92 Å². The molecule has 1 N–H and O–H groups in total. The van der Waals surface area contributed by atoms with Crippen molar-refractivity contribution in [3.8, 4) is 0 Å². The van der Waals surface area contributed by atoms with Gasteiger partial charge in [0.1, 0.15) is 5.78 Å². The molecule has 4 unspecified atom stereocenters. The lowest BCUT2D eigenvalue weighted by Gasteiger charge is -2.41. The summed E-state index contributed by atoms with van der Waals surface area (Å²) in [6.07, 6.45) is 0.978. The predicted molar refractivity (Wildman–Crippen MR) is 57.6 cm³/mol. The maximum atomic E-state index is 11.6. The Hall–Kier alpha value is -1.36. The summed E-state index contributed by atoms with van der Waals surface area (Å²) in [6.45, 7) is 1.89. The number of hydrogen-bond donors (Lipinski definition) is 1. The molecule has 0 amide bonds. The van der Waals surface area contributed by atoms with Crippen molar-refractivity contribution in [3.63, 3.8) is 0 Å². The Morgan fingerprint density at radius 2 is 2.24 bits per heavy atom. The molecule has 94 valence electrons. The standard InChI is InChI=1S/C12H16O5/c1-6-3-7(13)4-8-9(11(14)16-2)5-17-12(15)10(6)8/h5-6,8,10,12,15H,3-4H2,1-2H3. The maximum Gasteiger partial charge on any atom is 0.337 e. The van der Waals surface area contributed by atoms with Gasteiger partial charge in [0, 0.05) is 24.7 Å². The van der Waals surface area contributed by atoms with Crippen LogP contribution in [-0.4, -0.2) is 30.3 Å². The highest BCUT2D eigenvalue weighted by Crippen LogP contribution is 2.42. The van der Waals surface area contributed by atoms with Crippen molar-refractivity contribution >= 4 is 11.8 Å². The van der Waals surface area contributed by atoms with Crippen molar-refractivity contribution in [2.24, 2.45) is 17.8 Å². The summed E-state index contributed by atoms with van der Waals surface area (Å²) in [5.74, 6) is -0.879. The molecule has 1 heterocycles. The van der Waals surface area contributed by atoms with Crippen molar-refractivity contribution in [1.82, 2.24) is 0 Å². The van der Waals surface area contributed by atoms with Crippen LogP contribution in [0.2, 0.25) is 0 Å². The molecule has 2 rings (SSSR count). The van der Waals surface area contributed by atoms with E-state index in [9.17, 15) is 14.7 Å². The van der Waals surface area contributed by atoms with E-state index in [4.69, 9.17) is 4.74 Å². The molecular formula is C12H16O5. The molecule has 0 saturated heterocycles. The number of aliphatic hydroxyl groups is 1. The lowest BCUT2D eigenvalue weighted by molar-refractivity contribution is -0.157. The lowest BCUT2D eigenvalue weighted by Crippen LogP contribution is -2.44. The molecule has 5 heteroatoms. The fraction of sp³-hybridized carbons (Fsp3) is 0.667. The molecule has 0 aromatic heterocycles. The van der Waals surface area contributed by atoms with E-state index < -0.39 is 12.3 Å². The molecular weight excluding hydrogens is 224 g/mol. The van der Waals surface area contributed by atoms with Crippen LogP contribution < -0.4 is 0 Å². The molecule has 2 aliphatic rings. The van der Waals surface area contributed by atoms with Gasteiger partial charge < -0.3 is 14.6 Å². The molecule has 1 aliphatic heterocycles. The Bertz CT molecular complexity index is 373. The third kappa shape index (κ3) is 2.07. The number of hydrogen-bond acceptors (Lipinski definition) is 5. The van der Waals surface area contributed by atoms with Gasteiger partial charge in [0.05, 0.1) is 18.9 Å². The van der Waals surface area contributed by atoms with Gasteiger partial charge in [0.15, 0.2) is 6.29 Å². The van der Waals surface area contributed by atoms with E-state index >= 15 is 0 Å². The maximum absolute atomic E-state index is 11.6. The predicted octanol–water partition coefficient (Wildman–Crippen LogP) is 0.623. The number of carbonyl (C=O) groups excluding carboxylic acids is 2. The average Bonchev–Trinajstić information content (AvgIpc) is 2.27. The summed E-state index contributed by atoms with van der Waals surface area (Å²) in [5, 5.41) is 9.80. The van der Waals surface area contributed by atoms with E-state index in [0.29, 0.717) is 12.0 Å². The lowest BCUT2D eigenvalue weighted by atomic mass is 9.68. The van der Waals surface area contributed by atoms with Crippen molar-refractivity contribution < 1.29 is 24.2 Å². The van der Waals surface area contributed by atoms with Crippen molar-refractivity contribution in [2.45, 2.75) is 26.1 Å². The third-order valence-corrected chi connectivity index (χ3v) is 3.60. The van der Waals surface area contributed by atoms with Crippen LogP contribution in [0.15, 0.2) is 11.8 Å². The first-order valence-corrected chi connectivity index (χ1v) is 5.68. The first kappa shape index (κ1) is 12.1. The van der Waals surface area contributed by atoms with Crippen LogP contribution in [0.5, 0.6) is 0 Å². The van der Waals surface area contributed by atoms with Gasteiger partial charge in [-0.3, -0.25) is 4.79 Å². The summed E-state index contributed by atoms with van der Waals surface area (Å²) >= 11 is 0. The number of ether oxygens (including phenoxy) is 2. The van der Waals surface area contributed by atoms with Crippen LogP contribution in [-0.2, 0) is 19.1 Å². The molecule has 0 radical (unpaired) electrons. The summed E-state index contributed by atoms with van der Waals surface area (Å²) in [7, 11) is 1.29. The molecule has 17 heavy (non-hydrogen) atoms. The number of rotatable bonds is 1. The van der Waals surface area contributed by atoms with Crippen molar-refractivity contribution in [2.75, 3.05) is 7.11 Å². The van der Waals surface area contributed by atoms with Crippen LogP contribution in [0, 0.1) is 17.8 Å². The van der Waals surface area contributed by atoms with Gasteiger partial charge in [0.2, 0.25) is 0 Å². The Morgan fingerprint density at radius 3 is 2.88 bits per heavy atom. The second-order valence-corrected chi connectivity index (χ2v) is 4.70. The molecule has 1 fully saturated rings. The second-order valence-electron chi connectivity index (χ2n) is 4.70. The average molecular weight is 240 g/mol. The second kappa shape index (κ2) is 4.49. The molecule has 0 aromatic carbocycles. The van der Waals surface area contributed by atoms with E-state index in [-0.39, 0.29) is 30.0 Å². The summed E-state index contributed by atoms with van der Waals surface area (Å²) < 4.78 is 9.73. The zero-order valence-corrected chi connectivity index (χ0v) is 9.88. The number of ketones is 1. The smallest absolute Gasteiger partial charge is 0.337 e. The number of carbonyl (C=O) groups is 2. The van der Waals surface area contributed by atoms with Crippen LogP contribution in [0.1, 0.15) is 19.8 Å². The highest BCUT2D eigenvalue weighted by molar-refractivity contribution is 5.91. The highest BCUT2D eigenvalue weighted by atomic mass is 16.6. The number of methoxy groups -OCH3 is 1. The largest absolute Gasteiger partial charge is 0.472 e. The normalized spacial score (nSPS) is 36.6. The van der Waals surface area contributed by atoms with E-state index in [1.54, 1.807) is 0 Å². The fourth-order valence-corrected chi connectivity index (χ4v) is 2.79. The quantitative estimate of drug-likeness (QED) is 0.680. The number of esters is 1. The van der Waals surface area contributed by atoms with Gasteiger partial charge in [0.25, 0.3) is 0 Å². The van der Waals surface area contributed by atoms with E-state index in [0.717, 1.165) is 0 Å². The molecule has 1 aliphatic carbocycles. The Morgan fingerprint density at radius 1 is 1.53 bits per heavy atom. The molecule has 0 bridgehead atoms. The monoisotopic (exact) mass is 240 g/mol. The first-order chi connectivity index (χ1) is 8.04. The Balaban J connectivity index is 2.31. The molecule has 5 nitrogen and oxygen atoms in total. The SMILES string of the molecule is COC(=O)C1=COC(O)C2C(C)CC(=O)CC12. The number of Topliss-reactive ketones (excluding diaryl/α,β-unsaturated/α-hetero) is 1. The summed E-state index contributed by atoms with van der Waals surface area (Å²) in [6, 6.07) is 0. The Kier molecular flexibility index (Phi) is 3.19. The van der Waals surface area contributed by atoms with Gasteiger partial charge in [-0.15, -0.1) is 0 Å². The van der Waals surface area contributed by atoms with Gasteiger partial charge in [-0.25, -0.2) is 4.79 Å². The van der Waals surface area contributed by atoms with Crippen molar-refractivity contribution in [3.05, 3.63) is 11.8 Å². The van der Waals surface area contributed by atoms with Crippen LogP contribution >= 0.6 is 0 Å². The molecule has 1 saturated carbocycles. The minimum atomic E-state index is -0.948. The third-order valence-electron chi connectivity index (χ3n) is 3.60. The van der Waals surface area contributed by atoms with E-state index in [1.165, 1.54) is 13.4 Å². The first-order valence-electron chi connectivity index (χ1n) is 5.68. The van der Waals surface area contributed by atoms with Crippen LogP contribution in [0.3, 0.4) is 0 Å². The fourth-order valence-electron chi connectivity index (χ4n) is 2.79. The van der Waals surface area contributed by atoms with E-state index in [2.05, 4.69) is 4.74 Å². The minimum Gasteiger partial charge on any atom is -0.472 e. The highest BCUT2D eigenvalue weighted by Gasteiger charge is 2.45. The summed E-state index contributed by atoms with van der Waals surface area (Å²) in [4.78, 5) is 23.2. The van der Waals surface area contributed by atoms with Crippen LogP contribution in [0.25, 0.3) is 0 Å². The van der Waals surface area contributed by atoms with Gasteiger partial charge in [-0.05, 0) is 5.92 Å². The Labute approximate surface area is 99.4 Å². The van der Waals surface area contributed by atoms with Gasteiger partial charge >= 0.3 is 5.97 Å². The molecule has 4 atom stereocenters. The van der Waals surface area contributed by atoms with E-state index in [1.807, 2.05) is 6.92 Å². The number of fused-ring (bicyclic) bond motifs is 1. The number of aliphatic hydroxyl groups excluding tert-OH is 1.